The normalized spacial score (nSPS) is 17.1. The quantitative estimate of drug-likeness (QED) is 0.833. The van der Waals surface area contributed by atoms with Crippen LogP contribution in [-0.4, -0.2) is 23.1 Å². The standard InChI is InChI=1S/C9H13BrN4/c10-7-6-12-9(13-8(7)11)14-4-2-1-3-5-14/h6H,1-5H2,(H2,11,12,13). The monoisotopic (exact) mass is 256 g/mol. The van der Waals surface area contributed by atoms with E-state index in [-0.39, 0.29) is 0 Å². The highest BCUT2D eigenvalue weighted by molar-refractivity contribution is 9.10. The van der Waals surface area contributed by atoms with Gasteiger partial charge in [0.05, 0.1) is 4.47 Å². The summed E-state index contributed by atoms with van der Waals surface area (Å²) in [6, 6.07) is 0. The van der Waals surface area contributed by atoms with Crippen LogP contribution < -0.4 is 10.6 Å². The van der Waals surface area contributed by atoms with E-state index in [0.717, 1.165) is 23.5 Å². The lowest BCUT2D eigenvalue weighted by Gasteiger charge is -2.26. The van der Waals surface area contributed by atoms with Crippen LogP contribution in [0, 0.1) is 0 Å². The van der Waals surface area contributed by atoms with Crippen molar-refractivity contribution < 1.29 is 0 Å². The average molecular weight is 257 g/mol. The minimum absolute atomic E-state index is 0.514. The number of nitrogens with two attached hydrogens (primary N) is 1. The first-order valence-electron chi connectivity index (χ1n) is 4.80. The number of rotatable bonds is 1. The van der Waals surface area contributed by atoms with E-state index >= 15 is 0 Å². The minimum atomic E-state index is 0.514. The first-order valence-corrected chi connectivity index (χ1v) is 5.59. The van der Waals surface area contributed by atoms with Crippen molar-refractivity contribution in [2.75, 3.05) is 23.7 Å². The fourth-order valence-corrected chi connectivity index (χ4v) is 1.81. The first-order chi connectivity index (χ1) is 6.77. The smallest absolute Gasteiger partial charge is 0.227 e. The van der Waals surface area contributed by atoms with Crippen LogP contribution in [0.4, 0.5) is 11.8 Å². The molecule has 2 heterocycles. The third-order valence-electron chi connectivity index (χ3n) is 2.40. The van der Waals surface area contributed by atoms with Gasteiger partial charge in [-0.15, -0.1) is 0 Å². The summed E-state index contributed by atoms with van der Waals surface area (Å²) in [5.74, 6) is 1.27. The van der Waals surface area contributed by atoms with Crippen molar-refractivity contribution in [1.82, 2.24) is 9.97 Å². The zero-order valence-corrected chi connectivity index (χ0v) is 9.50. The number of halogens is 1. The number of aromatic nitrogens is 2. The molecule has 2 N–H and O–H groups in total. The molecule has 14 heavy (non-hydrogen) atoms. The van der Waals surface area contributed by atoms with E-state index in [2.05, 4.69) is 30.8 Å². The molecular weight excluding hydrogens is 244 g/mol. The molecule has 0 bridgehead atoms. The maximum atomic E-state index is 5.70. The van der Waals surface area contributed by atoms with E-state index in [1.807, 2.05) is 0 Å². The Morgan fingerprint density at radius 1 is 1.29 bits per heavy atom. The molecule has 0 unspecified atom stereocenters. The molecule has 0 saturated carbocycles. The molecule has 1 aromatic rings. The van der Waals surface area contributed by atoms with Crippen LogP contribution in [0.1, 0.15) is 19.3 Å². The van der Waals surface area contributed by atoms with Gasteiger partial charge in [0.2, 0.25) is 5.95 Å². The Morgan fingerprint density at radius 2 is 2.00 bits per heavy atom. The molecule has 1 fully saturated rings. The summed E-state index contributed by atoms with van der Waals surface area (Å²) in [4.78, 5) is 10.7. The summed E-state index contributed by atoms with van der Waals surface area (Å²) in [6.07, 6.45) is 5.47. The second-order valence-corrected chi connectivity index (χ2v) is 4.31. The third kappa shape index (κ3) is 1.97. The third-order valence-corrected chi connectivity index (χ3v) is 3.01. The molecule has 0 atom stereocenters. The number of hydrogen-bond donors (Lipinski definition) is 1. The van der Waals surface area contributed by atoms with Gasteiger partial charge in [0.15, 0.2) is 0 Å². The Balaban J connectivity index is 2.18. The van der Waals surface area contributed by atoms with Crippen LogP contribution in [-0.2, 0) is 0 Å². The van der Waals surface area contributed by atoms with Gasteiger partial charge in [0, 0.05) is 19.3 Å². The van der Waals surface area contributed by atoms with Crippen LogP contribution in [0.5, 0.6) is 0 Å². The second-order valence-electron chi connectivity index (χ2n) is 3.45. The lowest BCUT2D eigenvalue weighted by molar-refractivity contribution is 0.568. The van der Waals surface area contributed by atoms with E-state index in [1.165, 1.54) is 19.3 Å². The highest BCUT2D eigenvalue weighted by atomic mass is 79.9. The highest BCUT2D eigenvalue weighted by Gasteiger charge is 2.13. The maximum Gasteiger partial charge on any atom is 0.227 e. The van der Waals surface area contributed by atoms with E-state index < -0.39 is 0 Å². The molecule has 1 aromatic heterocycles. The van der Waals surface area contributed by atoms with Crippen molar-refractivity contribution in [1.29, 1.82) is 0 Å². The summed E-state index contributed by atoms with van der Waals surface area (Å²) in [6.45, 7) is 2.09. The SMILES string of the molecule is Nc1nc(N2CCCCC2)ncc1Br. The number of piperidine rings is 1. The van der Waals surface area contributed by atoms with Crippen LogP contribution in [0.25, 0.3) is 0 Å². The zero-order chi connectivity index (χ0) is 9.97. The molecule has 1 aliphatic rings. The van der Waals surface area contributed by atoms with Gasteiger partial charge in [-0.1, -0.05) is 0 Å². The number of nitrogens with zero attached hydrogens (tertiary/aromatic N) is 3. The van der Waals surface area contributed by atoms with E-state index in [9.17, 15) is 0 Å². The summed E-state index contributed by atoms with van der Waals surface area (Å²) in [5.41, 5.74) is 5.70. The second kappa shape index (κ2) is 4.13. The van der Waals surface area contributed by atoms with Crippen LogP contribution >= 0.6 is 15.9 Å². The number of hydrogen-bond acceptors (Lipinski definition) is 4. The van der Waals surface area contributed by atoms with Crippen molar-refractivity contribution >= 4 is 27.7 Å². The fourth-order valence-electron chi connectivity index (χ4n) is 1.62. The molecule has 4 nitrogen and oxygen atoms in total. The summed E-state index contributed by atoms with van der Waals surface area (Å²) in [7, 11) is 0. The molecule has 0 spiro atoms. The van der Waals surface area contributed by atoms with Crippen molar-refractivity contribution in [2.24, 2.45) is 0 Å². The van der Waals surface area contributed by atoms with Crippen LogP contribution in [0.3, 0.4) is 0 Å². The van der Waals surface area contributed by atoms with Gasteiger partial charge in [-0.05, 0) is 35.2 Å². The van der Waals surface area contributed by atoms with E-state index in [4.69, 9.17) is 5.73 Å². The Labute approximate surface area is 91.7 Å². The van der Waals surface area contributed by atoms with E-state index in [1.54, 1.807) is 6.20 Å². The number of nitrogen functional groups attached to an aromatic ring is 1. The van der Waals surface area contributed by atoms with Gasteiger partial charge in [0.1, 0.15) is 5.82 Å². The van der Waals surface area contributed by atoms with Gasteiger partial charge in [-0.3, -0.25) is 0 Å². The fraction of sp³-hybridized carbons (Fsp3) is 0.556. The lowest BCUT2D eigenvalue weighted by Crippen LogP contribution is -2.31. The largest absolute Gasteiger partial charge is 0.383 e. The van der Waals surface area contributed by atoms with Gasteiger partial charge in [-0.25, -0.2) is 4.98 Å². The van der Waals surface area contributed by atoms with Gasteiger partial charge in [0.25, 0.3) is 0 Å². The molecule has 0 aromatic carbocycles. The summed E-state index contributed by atoms with van der Waals surface area (Å²) < 4.78 is 0.762. The average Bonchev–Trinajstić information content (AvgIpc) is 2.23. The summed E-state index contributed by atoms with van der Waals surface area (Å²) in [5, 5.41) is 0. The summed E-state index contributed by atoms with van der Waals surface area (Å²) >= 11 is 3.28. The molecule has 0 aliphatic carbocycles. The van der Waals surface area contributed by atoms with E-state index in [0.29, 0.717) is 5.82 Å². The number of anilines is 2. The molecule has 5 heteroatoms. The highest BCUT2D eigenvalue weighted by Crippen LogP contribution is 2.20. The van der Waals surface area contributed by atoms with Crippen molar-refractivity contribution in [3.8, 4) is 0 Å². The van der Waals surface area contributed by atoms with Crippen LogP contribution in [0.2, 0.25) is 0 Å². The minimum Gasteiger partial charge on any atom is -0.383 e. The zero-order valence-electron chi connectivity index (χ0n) is 7.91. The van der Waals surface area contributed by atoms with Gasteiger partial charge < -0.3 is 10.6 Å². The van der Waals surface area contributed by atoms with Crippen molar-refractivity contribution in [2.45, 2.75) is 19.3 Å². The molecule has 1 aliphatic heterocycles. The Hall–Kier alpha value is -0.840. The predicted octanol–water partition coefficient (Wildman–Crippen LogP) is 1.81. The van der Waals surface area contributed by atoms with Gasteiger partial charge >= 0.3 is 0 Å². The predicted molar refractivity (Wildman–Crippen MR) is 60.2 cm³/mol. The molecule has 0 amide bonds. The Kier molecular flexibility index (Phi) is 2.86. The molecule has 0 radical (unpaired) electrons. The van der Waals surface area contributed by atoms with Gasteiger partial charge in [-0.2, -0.15) is 4.98 Å². The molecular formula is C9H13BrN4. The molecule has 76 valence electrons. The Bertz CT molecular complexity index is 323. The van der Waals surface area contributed by atoms with Crippen LogP contribution in [0.15, 0.2) is 10.7 Å². The Morgan fingerprint density at radius 3 is 2.64 bits per heavy atom. The lowest BCUT2D eigenvalue weighted by atomic mass is 10.1. The maximum absolute atomic E-state index is 5.70. The van der Waals surface area contributed by atoms with Crippen molar-refractivity contribution in [3.05, 3.63) is 10.7 Å². The molecule has 1 saturated heterocycles. The topological polar surface area (TPSA) is 55.0 Å². The van der Waals surface area contributed by atoms with Crippen molar-refractivity contribution in [3.63, 3.8) is 0 Å². The molecule has 2 rings (SSSR count). The first kappa shape index (κ1) is 9.71.